The lowest BCUT2D eigenvalue weighted by Crippen LogP contribution is -2.44. The first-order chi connectivity index (χ1) is 17.8. The van der Waals surface area contributed by atoms with Crippen molar-refractivity contribution in [3.05, 3.63) is 65.5 Å². The molecular weight excluding hydrogens is 464 g/mol. The Morgan fingerprint density at radius 1 is 1.16 bits per heavy atom. The third-order valence-electron chi connectivity index (χ3n) is 7.46. The van der Waals surface area contributed by atoms with E-state index in [0.29, 0.717) is 24.6 Å². The van der Waals surface area contributed by atoms with Crippen molar-refractivity contribution in [3.8, 4) is 0 Å². The number of benzene rings is 1. The van der Waals surface area contributed by atoms with Gasteiger partial charge in [0.25, 0.3) is 5.91 Å². The topological polar surface area (TPSA) is 83.4 Å². The molecular formula is C29H36N6O2. The standard InChI is InChI=1S/C29H36N6O2/c1-5-26(36)34-11-7-6-8-24(18-34)35-27-20(3)12-22(17-33-15-19(2)16-33)14-25(27)31-29(35)32-28(37)23-9-10-30-21(4)13-23/h5,9-10,12-14,19,24H,1,6-8,11,15-18H2,2-4H3,(H,31,32,37)/t24-/m1/s1. The van der Waals surface area contributed by atoms with Crippen LogP contribution in [0.15, 0.2) is 43.1 Å². The monoisotopic (exact) mass is 500 g/mol. The SMILES string of the molecule is C=CC(=O)N1CCCC[C@@H](n2c(NC(=O)c3ccnc(C)c3)nc3cc(CN4CC(C)C4)cc(C)c32)C1. The number of rotatable bonds is 6. The van der Waals surface area contributed by atoms with Crippen LogP contribution >= 0.6 is 0 Å². The summed E-state index contributed by atoms with van der Waals surface area (Å²) in [5.74, 6) is 0.989. The maximum absolute atomic E-state index is 13.3. The quantitative estimate of drug-likeness (QED) is 0.504. The van der Waals surface area contributed by atoms with Gasteiger partial charge in [0, 0.05) is 50.2 Å². The molecule has 194 valence electrons. The number of likely N-dealkylation sites (tertiary alicyclic amines) is 2. The number of hydrogen-bond acceptors (Lipinski definition) is 5. The zero-order valence-corrected chi connectivity index (χ0v) is 22.0. The second-order valence-electron chi connectivity index (χ2n) is 10.7. The Balaban J connectivity index is 1.55. The Morgan fingerprint density at radius 3 is 2.70 bits per heavy atom. The van der Waals surface area contributed by atoms with Crippen LogP contribution in [0.25, 0.3) is 11.0 Å². The lowest BCUT2D eigenvalue weighted by atomic mass is 10.0. The fourth-order valence-electron chi connectivity index (χ4n) is 5.78. The molecule has 0 unspecified atom stereocenters. The molecule has 2 amide bonds. The summed E-state index contributed by atoms with van der Waals surface area (Å²) < 4.78 is 2.15. The smallest absolute Gasteiger partial charge is 0.258 e. The minimum atomic E-state index is -0.220. The molecule has 2 fully saturated rings. The van der Waals surface area contributed by atoms with Crippen LogP contribution in [0, 0.1) is 19.8 Å². The number of amides is 2. The average Bonchev–Trinajstić information content (AvgIpc) is 3.03. The maximum atomic E-state index is 13.3. The third-order valence-corrected chi connectivity index (χ3v) is 7.46. The molecule has 8 nitrogen and oxygen atoms in total. The molecule has 37 heavy (non-hydrogen) atoms. The van der Waals surface area contributed by atoms with Crippen LogP contribution in [0.4, 0.5) is 5.95 Å². The zero-order chi connectivity index (χ0) is 26.1. The van der Waals surface area contributed by atoms with E-state index in [1.807, 2.05) is 11.8 Å². The van der Waals surface area contributed by atoms with Crippen LogP contribution in [0.3, 0.4) is 0 Å². The lowest BCUT2D eigenvalue weighted by molar-refractivity contribution is -0.126. The van der Waals surface area contributed by atoms with E-state index in [-0.39, 0.29) is 17.9 Å². The van der Waals surface area contributed by atoms with Crippen molar-refractivity contribution in [3.63, 3.8) is 0 Å². The van der Waals surface area contributed by atoms with Gasteiger partial charge in [-0.15, -0.1) is 0 Å². The summed E-state index contributed by atoms with van der Waals surface area (Å²) >= 11 is 0. The Bertz CT molecular complexity index is 1340. The van der Waals surface area contributed by atoms with Crippen molar-refractivity contribution >= 4 is 28.8 Å². The van der Waals surface area contributed by atoms with Crippen molar-refractivity contribution in [1.82, 2.24) is 24.3 Å². The molecule has 3 aromatic rings. The second kappa shape index (κ2) is 10.5. The number of nitrogens with one attached hydrogen (secondary N) is 1. The van der Waals surface area contributed by atoms with Gasteiger partial charge in [0.1, 0.15) is 0 Å². The number of aromatic nitrogens is 3. The number of hydrogen-bond donors (Lipinski definition) is 1. The van der Waals surface area contributed by atoms with Crippen LogP contribution < -0.4 is 5.32 Å². The molecule has 1 N–H and O–H groups in total. The fourth-order valence-corrected chi connectivity index (χ4v) is 5.78. The normalized spacial score (nSPS) is 18.9. The van der Waals surface area contributed by atoms with Gasteiger partial charge < -0.3 is 9.47 Å². The summed E-state index contributed by atoms with van der Waals surface area (Å²) in [5, 5.41) is 3.09. The fraction of sp³-hybridized carbons (Fsp3) is 0.448. The largest absolute Gasteiger partial charge is 0.337 e. The van der Waals surface area contributed by atoms with Gasteiger partial charge in [0.15, 0.2) is 0 Å². The number of fused-ring (bicyclic) bond motifs is 1. The zero-order valence-electron chi connectivity index (χ0n) is 22.0. The molecule has 2 aliphatic rings. The molecule has 8 heteroatoms. The first-order valence-corrected chi connectivity index (χ1v) is 13.2. The predicted molar refractivity (Wildman–Crippen MR) is 146 cm³/mol. The molecule has 1 aromatic carbocycles. The molecule has 2 aliphatic heterocycles. The van der Waals surface area contributed by atoms with Gasteiger partial charge in [-0.3, -0.25) is 24.8 Å². The van der Waals surface area contributed by atoms with Gasteiger partial charge in [-0.2, -0.15) is 0 Å². The number of imidazole rings is 1. The number of pyridine rings is 1. The van der Waals surface area contributed by atoms with E-state index in [2.05, 4.69) is 52.3 Å². The van der Waals surface area contributed by atoms with Crippen LogP contribution in [0.2, 0.25) is 0 Å². The van der Waals surface area contributed by atoms with Crippen molar-refractivity contribution in [2.24, 2.45) is 5.92 Å². The maximum Gasteiger partial charge on any atom is 0.258 e. The van der Waals surface area contributed by atoms with Gasteiger partial charge in [-0.25, -0.2) is 4.98 Å². The molecule has 0 bridgehead atoms. The molecule has 2 saturated heterocycles. The van der Waals surface area contributed by atoms with Gasteiger partial charge in [-0.1, -0.05) is 19.6 Å². The Morgan fingerprint density at radius 2 is 1.97 bits per heavy atom. The van der Waals surface area contributed by atoms with Crippen molar-refractivity contribution < 1.29 is 9.59 Å². The summed E-state index contributed by atoms with van der Waals surface area (Å²) in [5.41, 5.74) is 5.56. The van der Waals surface area contributed by atoms with E-state index in [0.717, 1.165) is 67.1 Å². The number of aryl methyl sites for hydroxylation is 2. The lowest BCUT2D eigenvalue weighted by Gasteiger charge is -2.37. The van der Waals surface area contributed by atoms with Gasteiger partial charge in [0.2, 0.25) is 11.9 Å². The first-order valence-electron chi connectivity index (χ1n) is 13.2. The molecule has 1 atom stereocenters. The van der Waals surface area contributed by atoms with Crippen LogP contribution in [0.5, 0.6) is 0 Å². The summed E-state index contributed by atoms with van der Waals surface area (Å²) in [7, 11) is 0. The average molecular weight is 501 g/mol. The predicted octanol–water partition coefficient (Wildman–Crippen LogP) is 4.49. The Hall–Kier alpha value is -3.52. The molecule has 0 spiro atoms. The third kappa shape index (κ3) is 5.30. The van der Waals surface area contributed by atoms with E-state index in [4.69, 9.17) is 4.98 Å². The second-order valence-corrected chi connectivity index (χ2v) is 10.7. The minimum Gasteiger partial charge on any atom is -0.337 e. The van der Waals surface area contributed by atoms with Gasteiger partial charge in [-0.05, 0) is 74.4 Å². The van der Waals surface area contributed by atoms with Crippen LogP contribution in [-0.2, 0) is 11.3 Å². The highest BCUT2D eigenvalue weighted by atomic mass is 16.2. The molecule has 4 heterocycles. The summed E-state index contributed by atoms with van der Waals surface area (Å²) in [6, 6.07) is 7.87. The molecule has 2 aromatic heterocycles. The summed E-state index contributed by atoms with van der Waals surface area (Å²) in [6.45, 7) is 14.4. The number of nitrogens with zero attached hydrogens (tertiary/aromatic N) is 5. The van der Waals surface area contributed by atoms with Crippen LogP contribution in [-0.4, -0.2) is 62.3 Å². The van der Waals surface area contributed by atoms with Gasteiger partial charge in [0.05, 0.1) is 17.1 Å². The summed E-state index contributed by atoms with van der Waals surface area (Å²) in [6.07, 6.45) is 5.86. The number of anilines is 1. The summed E-state index contributed by atoms with van der Waals surface area (Å²) in [4.78, 5) is 39.3. The molecule has 0 saturated carbocycles. The van der Waals surface area contributed by atoms with Crippen LogP contribution in [0.1, 0.15) is 59.4 Å². The van der Waals surface area contributed by atoms with E-state index in [1.165, 1.54) is 11.6 Å². The minimum absolute atomic E-state index is 0.00772. The number of carbonyl (C=O) groups excluding carboxylic acids is 2. The van der Waals surface area contributed by atoms with Crippen molar-refractivity contribution in [2.75, 3.05) is 31.5 Å². The molecule has 0 radical (unpaired) electrons. The first kappa shape index (κ1) is 25.1. The van der Waals surface area contributed by atoms with E-state index in [9.17, 15) is 9.59 Å². The Kier molecular flexibility index (Phi) is 7.11. The van der Waals surface area contributed by atoms with Crippen molar-refractivity contribution in [2.45, 2.75) is 52.6 Å². The van der Waals surface area contributed by atoms with Crippen molar-refractivity contribution in [1.29, 1.82) is 0 Å². The highest BCUT2D eigenvalue weighted by Crippen LogP contribution is 2.33. The molecule has 0 aliphatic carbocycles. The number of carbonyl (C=O) groups is 2. The van der Waals surface area contributed by atoms with E-state index < -0.39 is 0 Å². The highest BCUT2D eigenvalue weighted by Gasteiger charge is 2.28. The van der Waals surface area contributed by atoms with E-state index >= 15 is 0 Å². The highest BCUT2D eigenvalue weighted by molar-refractivity contribution is 6.04. The Labute approximate surface area is 218 Å². The van der Waals surface area contributed by atoms with E-state index in [1.54, 1.807) is 18.3 Å². The van der Waals surface area contributed by atoms with Gasteiger partial charge >= 0.3 is 0 Å². The molecule has 5 rings (SSSR count).